The number of carbonyl (C=O) groups is 2. The zero-order chi connectivity index (χ0) is 13.9. The van der Waals surface area contributed by atoms with Gasteiger partial charge in [-0.15, -0.1) is 0 Å². The first-order valence-corrected chi connectivity index (χ1v) is 6.17. The standard InChI is InChI=1S/C12H22N2O4/c1-12(2,3)18-11(17)14-6-4-8(10(15)16)9(13)5-7-14/h8-9H,4-7,13H2,1-3H3,(H,15,16)/t8-,9+/m1/s1. The minimum atomic E-state index is -0.895. The second-order valence-electron chi connectivity index (χ2n) is 5.65. The van der Waals surface area contributed by atoms with E-state index in [4.69, 9.17) is 15.6 Å². The van der Waals surface area contributed by atoms with Gasteiger partial charge in [-0.05, 0) is 33.6 Å². The first-order chi connectivity index (χ1) is 8.20. The molecular weight excluding hydrogens is 236 g/mol. The van der Waals surface area contributed by atoms with Crippen LogP contribution in [0.5, 0.6) is 0 Å². The van der Waals surface area contributed by atoms with Gasteiger partial charge in [0.25, 0.3) is 0 Å². The summed E-state index contributed by atoms with van der Waals surface area (Å²) in [4.78, 5) is 24.4. The molecule has 0 unspecified atom stereocenters. The number of rotatable bonds is 1. The van der Waals surface area contributed by atoms with Crippen molar-refractivity contribution in [3.05, 3.63) is 0 Å². The van der Waals surface area contributed by atoms with Crippen LogP contribution in [0.4, 0.5) is 4.79 Å². The van der Waals surface area contributed by atoms with Gasteiger partial charge in [0.2, 0.25) is 0 Å². The number of hydrogen-bond donors (Lipinski definition) is 2. The third-order valence-corrected chi connectivity index (χ3v) is 2.93. The lowest BCUT2D eigenvalue weighted by Crippen LogP contribution is -2.37. The Morgan fingerprint density at radius 2 is 1.83 bits per heavy atom. The molecule has 1 fully saturated rings. The zero-order valence-corrected chi connectivity index (χ0v) is 11.2. The number of ether oxygens (including phenoxy) is 1. The van der Waals surface area contributed by atoms with Crippen molar-refractivity contribution in [2.45, 2.75) is 45.3 Å². The maximum Gasteiger partial charge on any atom is 0.410 e. The van der Waals surface area contributed by atoms with E-state index in [-0.39, 0.29) is 0 Å². The van der Waals surface area contributed by atoms with E-state index in [9.17, 15) is 9.59 Å². The molecule has 1 heterocycles. The minimum absolute atomic E-state index is 0.371. The molecule has 0 bridgehead atoms. The average Bonchev–Trinajstić information content (AvgIpc) is 2.37. The van der Waals surface area contributed by atoms with E-state index in [2.05, 4.69) is 0 Å². The van der Waals surface area contributed by atoms with Gasteiger partial charge in [0.05, 0.1) is 5.92 Å². The average molecular weight is 258 g/mol. The molecule has 18 heavy (non-hydrogen) atoms. The van der Waals surface area contributed by atoms with E-state index in [1.807, 2.05) is 0 Å². The zero-order valence-electron chi connectivity index (χ0n) is 11.2. The summed E-state index contributed by atoms with van der Waals surface area (Å²) in [6, 6.07) is -0.407. The molecule has 104 valence electrons. The van der Waals surface area contributed by atoms with Crippen molar-refractivity contribution < 1.29 is 19.4 Å². The van der Waals surface area contributed by atoms with E-state index in [0.717, 1.165) is 0 Å². The van der Waals surface area contributed by atoms with Crippen molar-refractivity contribution >= 4 is 12.1 Å². The summed E-state index contributed by atoms with van der Waals surface area (Å²) in [6.07, 6.45) is 0.451. The Morgan fingerprint density at radius 3 is 2.33 bits per heavy atom. The quantitative estimate of drug-likeness (QED) is 0.733. The van der Waals surface area contributed by atoms with Gasteiger partial charge in [-0.3, -0.25) is 4.79 Å². The van der Waals surface area contributed by atoms with Crippen LogP contribution >= 0.6 is 0 Å². The molecule has 0 aromatic rings. The van der Waals surface area contributed by atoms with Gasteiger partial charge in [0, 0.05) is 19.1 Å². The van der Waals surface area contributed by atoms with Crippen LogP contribution in [0.15, 0.2) is 0 Å². The highest BCUT2D eigenvalue weighted by atomic mass is 16.6. The van der Waals surface area contributed by atoms with Crippen molar-refractivity contribution in [1.82, 2.24) is 4.90 Å². The molecule has 6 nitrogen and oxygen atoms in total. The fourth-order valence-electron chi connectivity index (χ4n) is 1.94. The van der Waals surface area contributed by atoms with Gasteiger partial charge in [0.1, 0.15) is 5.60 Å². The number of carboxylic acid groups (broad SMARTS) is 1. The van der Waals surface area contributed by atoms with Gasteiger partial charge in [-0.25, -0.2) is 4.79 Å². The molecule has 0 radical (unpaired) electrons. The van der Waals surface area contributed by atoms with E-state index in [0.29, 0.717) is 25.9 Å². The lowest BCUT2D eigenvalue weighted by atomic mass is 9.96. The molecule has 1 aliphatic heterocycles. The van der Waals surface area contributed by atoms with Crippen molar-refractivity contribution in [3.63, 3.8) is 0 Å². The summed E-state index contributed by atoms with van der Waals surface area (Å²) >= 11 is 0. The molecule has 1 amide bonds. The second kappa shape index (κ2) is 5.56. The predicted molar refractivity (Wildman–Crippen MR) is 66.1 cm³/mol. The number of amides is 1. The van der Waals surface area contributed by atoms with Crippen LogP contribution < -0.4 is 5.73 Å². The summed E-state index contributed by atoms with van der Waals surface area (Å²) in [7, 11) is 0. The summed E-state index contributed by atoms with van der Waals surface area (Å²) in [5.74, 6) is -1.48. The Balaban J connectivity index is 2.61. The summed E-state index contributed by atoms with van der Waals surface area (Å²) in [5.41, 5.74) is 5.27. The molecular formula is C12H22N2O4. The summed E-state index contributed by atoms with van der Waals surface area (Å²) in [5, 5.41) is 9.03. The van der Waals surface area contributed by atoms with Crippen molar-refractivity contribution in [2.75, 3.05) is 13.1 Å². The van der Waals surface area contributed by atoms with Crippen LogP contribution in [0.2, 0.25) is 0 Å². The number of nitrogens with two attached hydrogens (primary N) is 1. The van der Waals surface area contributed by atoms with E-state index >= 15 is 0 Å². The first kappa shape index (κ1) is 14.8. The van der Waals surface area contributed by atoms with Crippen molar-refractivity contribution in [1.29, 1.82) is 0 Å². The highest BCUT2D eigenvalue weighted by Crippen LogP contribution is 2.19. The number of carbonyl (C=O) groups excluding carboxylic acids is 1. The van der Waals surface area contributed by atoms with E-state index in [1.165, 1.54) is 4.90 Å². The molecule has 0 spiro atoms. The minimum Gasteiger partial charge on any atom is -0.481 e. The van der Waals surface area contributed by atoms with Crippen LogP contribution in [0.1, 0.15) is 33.6 Å². The SMILES string of the molecule is CC(C)(C)OC(=O)N1CC[C@H](N)[C@H](C(=O)O)CC1. The number of likely N-dealkylation sites (tertiary alicyclic amines) is 1. The number of carboxylic acids is 1. The monoisotopic (exact) mass is 258 g/mol. The smallest absolute Gasteiger partial charge is 0.410 e. The molecule has 2 atom stereocenters. The Bertz CT molecular complexity index is 325. The molecule has 0 aliphatic carbocycles. The molecule has 1 saturated heterocycles. The maximum atomic E-state index is 11.9. The fourth-order valence-corrected chi connectivity index (χ4v) is 1.94. The highest BCUT2D eigenvalue weighted by molar-refractivity contribution is 5.72. The van der Waals surface area contributed by atoms with Crippen molar-refractivity contribution in [3.8, 4) is 0 Å². The Morgan fingerprint density at radius 1 is 1.28 bits per heavy atom. The molecule has 0 aromatic heterocycles. The Hall–Kier alpha value is -1.30. The van der Waals surface area contributed by atoms with Crippen molar-refractivity contribution in [2.24, 2.45) is 11.7 Å². The third kappa shape index (κ3) is 4.18. The van der Waals surface area contributed by atoms with Crippen LogP contribution in [-0.4, -0.2) is 46.8 Å². The summed E-state index contributed by atoms with van der Waals surface area (Å²) in [6.45, 7) is 6.22. The second-order valence-corrected chi connectivity index (χ2v) is 5.65. The Labute approximate surface area is 107 Å². The van der Waals surface area contributed by atoms with Gasteiger partial charge in [-0.2, -0.15) is 0 Å². The fraction of sp³-hybridized carbons (Fsp3) is 0.833. The first-order valence-electron chi connectivity index (χ1n) is 6.17. The summed E-state index contributed by atoms with van der Waals surface area (Å²) < 4.78 is 5.26. The van der Waals surface area contributed by atoms with Gasteiger partial charge >= 0.3 is 12.1 Å². The van der Waals surface area contributed by atoms with E-state index < -0.39 is 29.6 Å². The number of hydrogen-bond acceptors (Lipinski definition) is 4. The number of nitrogens with zero attached hydrogens (tertiary/aromatic N) is 1. The predicted octanol–water partition coefficient (Wildman–Crippen LogP) is 1.05. The normalized spacial score (nSPS) is 25.4. The van der Waals surface area contributed by atoms with Crippen LogP contribution in [0, 0.1) is 5.92 Å². The molecule has 6 heteroatoms. The third-order valence-electron chi connectivity index (χ3n) is 2.93. The largest absolute Gasteiger partial charge is 0.481 e. The van der Waals surface area contributed by atoms with Gasteiger partial charge in [0.15, 0.2) is 0 Å². The van der Waals surface area contributed by atoms with Gasteiger partial charge < -0.3 is 20.5 Å². The lowest BCUT2D eigenvalue weighted by molar-refractivity contribution is -0.142. The van der Waals surface area contributed by atoms with Crippen LogP contribution in [0.25, 0.3) is 0 Å². The number of aliphatic carboxylic acids is 1. The lowest BCUT2D eigenvalue weighted by Gasteiger charge is -2.26. The Kier molecular flexibility index (Phi) is 4.56. The van der Waals surface area contributed by atoms with Gasteiger partial charge in [-0.1, -0.05) is 0 Å². The molecule has 0 saturated carbocycles. The molecule has 0 aromatic carbocycles. The topological polar surface area (TPSA) is 92.9 Å². The molecule has 3 N–H and O–H groups in total. The molecule has 1 aliphatic rings. The van der Waals surface area contributed by atoms with E-state index in [1.54, 1.807) is 20.8 Å². The van der Waals surface area contributed by atoms with Crippen LogP contribution in [-0.2, 0) is 9.53 Å². The highest BCUT2D eigenvalue weighted by Gasteiger charge is 2.32. The maximum absolute atomic E-state index is 11.9. The van der Waals surface area contributed by atoms with Crippen LogP contribution in [0.3, 0.4) is 0 Å². The molecule has 1 rings (SSSR count).